The van der Waals surface area contributed by atoms with Crippen LogP contribution in [-0.2, 0) is 0 Å². The normalized spacial score (nSPS) is 10.1. The quantitative estimate of drug-likeness (QED) is 0.623. The Morgan fingerprint density at radius 1 is 1.00 bits per heavy atom. The molecule has 0 fully saturated rings. The average Bonchev–Trinajstić information content (AvgIpc) is 2.19. The second kappa shape index (κ2) is 3.80. The van der Waals surface area contributed by atoms with E-state index in [1.807, 2.05) is 42.5 Å². The van der Waals surface area contributed by atoms with Crippen LogP contribution < -0.4 is 5.73 Å². The van der Waals surface area contributed by atoms with E-state index in [4.69, 9.17) is 5.73 Å². The topological polar surface area (TPSA) is 38.9 Å². The fraction of sp³-hybridized carbons (Fsp3) is 0. The van der Waals surface area contributed by atoms with Crippen LogP contribution in [0.1, 0.15) is 0 Å². The molecule has 0 amide bonds. The Morgan fingerprint density at radius 2 is 1.71 bits per heavy atom. The summed E-state index contributed by atoms with van der Waals surface area (Å²) in [5.41, 5.74) is 8.39. The molecule has 1 heterocycles. The highest BCUT2D eigenvalue weighted by molar-refractivity contribution is 9.10. The zero-order chi connectivity index (χ0) is 9.97. The minimum atomic E-state index is 0.767. The number of nitrogen functional groups attached to an aromatic ring is 1. The summed E-state index contributed by atoms with van der Waals surface area (Å²) < 4.78 is 0.840. The summed E-state index contributed by atoms with van der Waals surface area (Å²) in [5, 5.41) is 0. The standard InChI is InChI=1S/C11H9BrN2/c12-11-3-1-2-10(14-11)8-4-6-9(13)7-5-8/h1-7H,13H2. The molecular formula is C11H9BrN2. The minimum Gasteiger partial charge on any atom is -0.399 e. The number of halogens is 1. The number of nitrogens with two attached hydrogens (primary N) is 1. The van der Waals surface area contributed by atoms with Crippen molar-refractivity contribution in [3.63, 3.8) is 0 Å². The molecule has 1 aromatic carbocycles. The first-order valence-corrected chi connectivity index (χ1v) is 5.03. The van der Waals surface area contributed by atoms with Crippen LogP contribution in [0.4, 0.5) is 5.69 Å². The fourth-order valence-electron chi connectivity index (χ4n) is 1.22. The van der Waals surface area contributed by atoms with Gasteiger partial charge in [-0.1, -0.05) is 18.2 Å². The fourth-order valence-corrected chi connectivity index (χ4v) is 1.57. The zero-order valence-corrected chi connectivity index (χ0v) is 9.03. The van der Waals surface area contributed by atoms with Crippen molar-refractivity contribution in [2.24, 2.45) is 0 Å². The molecule has 0 saturated heterocycles. The largest absolute Gasteiger partial charge is 0.399 e. The Morgan fingerprint density at radius 3 is 2.36 bits per heavy atom. The van der Waals surface area contributed by atoms with Crippen molar-refractivity contribution in [1.82, 2.24) is 4.98 Å². The second-order valence-corrected chi connectivity index (χ2v) is 3.78. The van der Waals surface area contributed by atoms with Gasteiger partial charge in [-0.05, 0) is 40.2 Å². The van der Waals surface area contributed by atoms with Gasteiger partial charge in [0.15, 0.2) is 0 Å². The van der Waals surface area contributed by atoms with E-state index in [1.54, 1.807) is 0 Å². The van der Waals surface area contributed by atoms with Crippen LogP contribution in [0, 0.1) is 0 Å². The van der Waals surface area contributed by atoms with Crippen molar-refractivity contribution in [3.05, 3.63) is 47.1 Å². The SMILES string of the molecule is Nc1ccc(-c2cccc(Br)n2)cc1. The summed E-state index contributed by atoms with van der Waals surface area (Å²) >= 11 is 3.34. The molecule has 0 saturated carbocycles. The van der Waals surface area contributed by atoms with Gasteiger partial charge in [0, 0.05) is 11.3 Å². The van der Waals surface area contributed by atoms with Gasteiger partial charge in [0.05, 0.1) is 5.69 Å². The maximum Gasteiger partial charge on any atom is 0.106 e. The predicted molar refractivity (Wildman–Crippen MR) is 61.8 cm³/mol. The molecule has 0 spiro atoms. The summed E-state index contributed by atoms with van der Waals surface area (Å²) in [6, 6.07) is 13.5. The van der Waals surface area contributed by atoms with E-state index in [1.165, 1.54) is 0 Å². The van der Waals surface area contributed by atoms with Gasteiger partial charge in [-0.15, -0.1) is 0 Å². The van der Waals surface area contributed by atoms with E-state index in [0.717, 1.165) is 21.5 Å². The molecule has 0 unspecified atom stereocenters. The maximum absolute atomic E-state index is 5.60. The molecule has 0 aliphatic rings. The van der Waals surface area contributed by atoms with Gasteiger partial charge in [0.2, 0.25) is 0 Å². The molecule has 14 heavy (non-hydrogen) atoms. The number of pyridine rings is 1. The minimum absolute atomic E-state index is 0.767. The molecule has 70 valence electrons. The van der Waals surface area contributed by atoms with E-state index >= 15 is 0 Å². The molecule has 0 aliphatic heterocycles. The number of hydrogen-bond donors (Lipinski definition) is 1. The first kappa shape index (κ1) is 9.21. The van der Waals surface area contributed by atoms with E-state index in [9.17, 15) is 0 Å². The van der Waals surface area contributed by atoms with E-state index < -0.39 is 0 Å². The van der Waals surface area contributed by atoms with E-state index in [-0.39, 0.29) is 0 Å². The monoisotopic (exact) mass is 248 g/mol. The summed E-state index contributed by atoms with van der Waals surface area (Å²) in [5.74, 6) is 0. The van der Waals surface area contributed by atoms with Crippen LogP contribution in [0.15, 0.2) is 47.1 Å². The van der Waals surface area contributed by atoms with E-state index in [0.29, 0.717) is 0 Å². The predicted octanol–water partition coefficient (Wildman–Crippen LogP) is 3.09. The lowest BCUT2D eigenvalue weighted by Crippen LogP contribution is -1.86. The number of aromatic nitrogens is 1. The molecule has 0 bridgehead atoms. The lowest BCUT2D eigenvalue weighted by molar-refractivity contribution is 1.28. The van der Waals surface area contributed by atoms with Gasteiger partial charge in [-0.25, -0.2) is 4.98 Å². The van der Waals surface area contributed by atoms with Crippen LogP contribution in [-0.4, -0.2) is 4.98 Å². The number of rotatable bonds is 1. The van der Waals surface area contributed by atoms with Crippen LogP contribution in [0.25, 0.3) is 11.3 Å². The van der Waals surface area contributed by atoms with Crippen LogP contribution in [0.2, 0.25) is 0 Å². The lowest BCUT2D eigenvalue weighted by Gasteiger charge is -2.01. The smallest absolute Gasteiger partial charge is 0.106 e. The van der Waals surface area contributed by atoms with Crippen molar-refractivity contribution in [3.8, 4) is 11.3 Å². The van der Waals surface area contributed by atoms with Crippen molar-refractivity contribution in [1.29, 1.82) is 0 Å². The van der Waals surface area contributed by atoms with Crippen molar-refractivity contribution >= 4 is 21.6 Å². The highest BCUT2D eigenvalue weighted by Crippen LogP contribution is 2.19. The number of hydrogen-bond acceptors (Lipinski definition) is 2. The third-order valence-electron chi connectivity index (χ3n) is 1.92. The Bertz CT molecular complexity index is 437. The molecule has 3 heteroatoms. The molecule has 2 N–H and O–H groups in total. The van der Waals surface area contributed by atoms with Crippen molar-refractivity contribution in [2.45, 2.75) is 0 Å². The highest BCUT2D eigenvalue weighted by Gasteiger charge is 1.98. The average molecular weight is 249 g/mol. The van der Waals surface area contributed by atoms with Gasteiger partial charge < -0.3 is 5.73 Å². The maximum atomic E-state index is 5.60. The highest BCUT2D eigenvalue weighted by atomic mass is 79.9. The first-order valence-electron chi connectivity index (χ1n) is 4.24. The zero-order valence-electron chi connectivity index (χ0n) is 7.44. The summed E-state index contributed by atoms with van der Waals surface area (Å²) in [7, 11) is 0. The van der Waals surface area contributed by atoms with Crippen LogP contribution in [0.5, 0.6) is 0 Å². The van der Waals surface area contributed by atoms with Gasteiger partial charge in [0.1, 0.15) is 4.60 Å². The molecule has 0 atom stereocenters. The summed E-state index contributed by atoms with van der Waals surface area (Å²) in [4.78, 5) is 4.35. The van der Waals surface area contributed by atoms with Gasteiger partial charge in [-0.2, -0.15) is 0 Å². The van der Waals surface area contributed by atoms with E-state index in [2.05, 4.69) is 20.9 Å². The Balaban J connectivity index is 2.44. The molecule has 2 aromatic rings. The summed E-state index contributed by atoms with van der Waals surface area (Å²) in [6.45, 7) is 0. The molecule has 0 aliphatic carbocycles. The van der Waals surface area contributed by atoms with Gasteiger partial charge in [0.25, 0.3) is 0 Å². The number of benzene rings is 1. The number of nitrogens with zero attached hydrogens (tertiary/aromatic N) is 1. The molecule has 2 rings (SSSR count). The third kappa shape index (κ3) is 1.93. The number of anilines is 1. The Kier molecular flexibility index (Phi) is 2.50. The van der Waals surface area contributed by atoms with Crippen LogP contribution >= 0.6 is 15.9 Å². The molecular weight excluding hydrogens is 240 g/mol. The van der Waals surface area contributed by atoms with Crippen LogP contribution in [0.3, 0.4) is 0 Å². The van der Waals surface area contributed by atoms with Crippen molar-refractivity contribution in [2.75, 3.05) is 5.73 Å². The first-order chi connectivity index (χ1) is 6.75. The second-order valence-electron chi connectivity index (χ2n) is 2.97. The van der Waals surface area contributed by atoms with Crippen molar-refractivity contribution < 1.29 is 0 Å². The third-order valence-corrected chi connectivity index (χ3v) is 2.36. The Hall–Kier alpha value is -1.35. The van der Waals surface area contributed by atoms with Gasteiger partial charge in [-0.3, -0.25) is 0 Å². The van der Waals surface area contributed by atoms with Gasteiger partial charge >= 0.3 is 0 Å². The molecule has 0 radical (unpaired) electrons. The lowest BCUT2D eigenvalue weighted by atomic mass is 10.1. The Labute approximate surface area is 90.9 Å². The summed E-state index contributed by atoms with van der Waals surface area (Å²) in [6.07, 6.45) is 0. The molecule has 2 nitrogen and oxygen atoms in total. The molecule has 1 aromatic heterocycles.